The summed E-state index contributed by atoms with van der Waals surface area (Å²) in [6.07, 6.45) is 0.333. The van der Waals surface area contributed by atoms with Crippen molar-refractivity contribution in [2.24, 2.45) is 0 Å². The van der Waals surface area contributed by atoms with Crippen molar-refractivity contribution in [1.82, 2.24) is 0 Å². The zero-order chi connectivity index (χ0) is 12.0. The highest BCUT2D eigenvalue weighted by atomic mass is 16.5. The van der Waals surface area contributed by atoms with Crippen LogP contribution >= 0.6 is 0 Å². The Bertz CT molecular complexity index is 360. The molecule has 0 N–H and O–H groups in total. The Morgan fingerprint density at radius 2 is 1.94 bits per heavy atom. The lowest BCUT2D eigenvalue weighted by atomic mass is 10.1. The van der Waals surface area contributed by atoms with Crippen LogP contribution in [0.1, 0.15) is 16.8 Å². The predicted molar refractivity (Wildman–Crippen MR) is 60.4 cm³/mol. The van der Waals surface area contributed by atoms with E-state index in [9.17, 15) is 4.79 Å². The summed E-state index contributed by atoms with van der Waals surface area (Å²) in [7, 11) is 4.66. The largest absolute Gasteiger partial charge is 0.497 e. The minimum atomic E-state index is -0.0161. The van der Waals surface area contributed by atoms with Crippen LogP contribution in [0.2, 0.25) is 0 Å². The summed E-state index contributed by atoms with van der Waals surface area (Å²) in [6, 6.07) is 5.15. The highest BCUT2D eigenvalue weighted by Gasteiger charge is 2.13. The number of ketones is 1. The fraction of sp³-hybridized carbons (Fsp3) is 0.417. The van der Waals surface area contributed by atoms with Gasteiger partial charge in [-0.25, -0.2) is 0 Å². The maximum atomic E-state index is 11.8. The number of ether oxygens (including phenoxy) is 3. The molecule has 0 amide bonds. The van der Waals surface area contributed by atoms with Crippen LogP contribution in [-0.4, -0.2) is 33.7 Å². The predicted octanol–water partition coefficient (Wildman–Crippen LogP) is 1.92. The molecule has 0 spiro atoms. The number of hydrogen-bond acceptors (Lipinski definition) is 4. The first kappa shape index (κ1) is 12.5. The molecule has 1 aromatic carbocycles. The molecule has 16 heavy (non-hydrogen) atoms. The van der Waals surface area contributed by atoms with Gasteiger partial charge in [0.25, 0.3) is 0 Å². The highest BCUT2D eigenvalue weighted by molar-refractivity contribution is 5.99. The summed E-state index contributed by atoms with van der Waals surface area (Å²) in [5.41, 5.74) is 0.527. The lowest BCUT2D eigenvalue weighted by molar-refractivity contribution is 0.0929. The Morgan fingerprint density at radius 3 is 2.50 bits per heavy atom. The quantitative estimate of drug-likeness (QED) is 0.692. The molecular weight excluding hydrogens is 208 g/mol. The summed E-state index contributed by atoms with van der Waals surface area (Å²) in [6.45, 7) is 0.402. The van der Waals surface area contributed by atoms with E-state index in [2.05, 4.69) is 0 Å². The van der Waals surface area contributed by atoms with Crippen molar-refractivity contribution in [3.63, 3.8) is 0 Å². The lowest BCUT2D eigenvalue weighted by Gasteiger charge is -2.09. The first-order chi connectivity index (χ1) is 7.72. The van der Waals surface area contributed by atoms with Crippen molar-refractivity contribution < 1.29 is 19.0 Å². The van der Waals surface area contributed by atoms with Gasteiger partial charge in [0.1, 0.15) is 11.5 Å². The zero-order valence-electron chi connectivity index (χ0n) is 9.78. The topological polar surface area (TPSA) is 44.8 Å². The molecule has 1 rings (SSSR count). The number of methoxy groups -OCH3 is 3. The third-order valence-corrected chi connectivity index (χ3v) is 2.24. The smallest absolute Gasteiger partial charge is 0.169 e. The molecule has 1 aromatic rings. The van der Waals surface area contributed by atoms with E-state index in [0.29, 0.717) is 30.1 Å². The van der Waals surface area contributed by atoms with E-state index in [1.807, 2.05) is 0 Å². The van der Waals surface area contributed by atoms with Gasteiger partial charge in [0.05, 0.1) is 26.4 Å². The van der Waals surface area contributed by atoms with Gasteiger partial charge >= 0.3 is 0 Å². The number of benzene rings is 1. The SMILES string of the molecule is COCCC(=O)c1cc(OC)ccc1OC. The highest BCUT2D eigenvalue weighted by Crippen LogP contribution is 2.25. The maximum Gasteiger partial charge on any atom is 0.169 e. The van der Waals surface area contributed by atoms with Gasteiger partial charge in [-0.2, -0.15) is 0 Å². The van der Waals surface area contributed by atoms with Crippen LogP contribution < -0.4 is 9.47 Å². The van der Waals surface area contributed by atoms with Gasteiger partial charge < -0.3 is 14.2 Å². The average molecular weight is 224 g/mol. The zero-order valence-corrected chi connectivity index (χ0v) is 9.78. The Kier molecular flexibility index (Phi) is 4.79. The van der Waals surface area contributed by atoms with E-state index in [1.165, 1.54) is 7.11 Å². The van der Waals surface area contributed by atoms with Gasteiger partial charge in [-0.3, -0.25) is 4.79 Å². The van der Waals surface area contributed by atoms with Crippen molar-refractivity contribution in [3.05, 3.63) is 23.8 Å². The molecule has 0 aliphatic rings. The summed E-state index contributed by atoms with van der Waals surface area (Å²) in [5, 5.41) is 0. The Morgan fingerprint density at radius 1 is 1.19 bits per heavy atom. The molecule has 0 heterocycles. The first-order valence-corrected chi connectivity index (χ1v) is 4.97. The van der Waals surface area contributed by atoms with Crippen LogP contribution in [0.4, 0.5) is 0 Å². The van der Waals surface area contributed by atoms with Gasteiger partial charge in [-0.1, -0.05) is 0 Å². The van der Waals surface area contributed by atoms with Crippen LogP contribution in [0.15, 0.2) is 18.2 Å². The van der Waals surface area contributed by atoms with Crippen molar-refractivity contribution >= 4 is 5.78 Å². The van der Waals surface area contributed by atoms with E-state index < -0.39 is 0 Å². The van der Waals surface area contributed by atoms with Gasteiger partial charge in [0, 0.05) is 13.5 Å². The van der Waals surface area contributed by atoms with E-state index in [4.69, 9.17) is 14.2 Å². The summed E-state index contributed by atoms with van der Waals surface area (Å²) < 4.78 is 15.1. The van der Waals surface area contributed by atoms with Crippen LogP contribution in [0, 0.1) is 0 Å². The summed E-state index contributed by atoms with van der Waals surface area (Å²) in [4.78, 5) is 11.8. The Hall–Kier alpha value is -1.55. The molecule has 0 unspecified atom stereocenters. The number of rotatable bonds is 6. The minimum Gasteiger partial charge on any atom is -0.497 e. The second-order valence-corrected chi connectivity index (χ2v) is 3.23. The van der Waals surface area contributed by atoms with E-state index >= 15 is 0 Å². The summed E-state index contributed by atoms with van der Waals surface area (Å²) in [5.74, 6) is 1.18. The molecule has 0 aliphatic carbocycles. The molecule has 4 heteroatoms. The third kappa shape index (κ3) is 2.97. The second-order valence-electron chi connectivity index (χ2n) is 3.23. The maximum absolute atomic E-state index is 11.8. The average Bonchev–Trinajstić information content (AvgIpc) is 2.35. The summed E-state index contributed by atoms with van der Waals surface area (Å²) >= 11 is 0. The normalized spacial score (nSPS) is 9.94. The molecule has 0 atom stereocenters. The molecule has 0 saturated carbocycles. The molecular formula is C12H16O4. The van der Waals surface area contributed by atoms with Gasteiger partial charge in [0.15, 0.2) is 5.78 Å². The molecule has 0 radical (unpaired) electrons. The van der Waals surface area contributed by atoms with Crippen LogP contribution in [0.5, 0.6) is 11.5 Å². The van der Waals surface area contributed by atoms with Crippen LogP contribution in [-0.2, 0) is 4.74 Å². The number of Topliss-reactive ketones (excluding diaryl/α,β-unsaturated/α-hetero) is 1. The second kappa shape index (κ2) is 6.12. The van der Waals surface area contributed by atoms with Gasteiger partial charge in [-0.15, -0.1) is 0 Å². The molecule has 0 bridgehead atoms. The fourth-order valence-electron chi connectivity index (χ4n) is 1.36. The monoisotopic (exact) mass is 224 g/mol. The lowest BCUT2D eigenvalue weighted by Crippen LogP contribution is -2.05. The Labute approximate surface area is 95.1 Å². The minimum absolute atomic E-state index is 0.0161. The fourth-order valence-corrected chi connectivity index (χ4v) is 1.36. The molecule has 0 aliphatic heterocycles. The van der Waals surface area contributed by atoms with Crippen molar-refractivity contribution in [3.8, 4) is 11.5 Å². The van der Waals surface area contributed by atoms with Crippen LogP contribution in [0.3, 0.4) is 0 Å². The molecule has 0 fully saturated rings. The number of carbonyl (C=O) groups excluding carboxylic acids is 1. The van der Waals surface area contributed by atoms with E-state index in [-0.39, 0.29) is 5.78 Å². The standard InChI is InChI=1S/C12H16O4/c1-14-7-6-11(13)10-8-9(15-2)4-5-12(10)16-3/h4-5,8H,6-7H2,1-3H3. The van der Waals surface area contributed by atoms with Gasteiger partial charge in [-0.05, 0) is 18.2 Å². The molecule has 0 aromatic heterocycles. The van der Waals surface area contributed by atoms with Crippen molar-refractivity contribution in [1.29, 1.82) is 0 Å². The molecule has 88 valence electrons. The number of carbonyl (C=O) groups is 1. The van der Waals surface area contributed by atoms with Crippen molar-refractivity contribution in [2.45, 2.75) is 6.42 Å². The van der Waals surface area contributed by atoms with Crippen LogP contribution in [0.25, 0.3) is 0 Å². The van der Waals surface area contributed by atoms with E-state index in [1.54, 1.807) is 32.4 Å². The van der Waals surface area contributed by atoms with E-state index in [0.717, 1.165) is 0 Å². The molecule has 4 nitrogen and oxygen atoms in total. The first-order valence-electron chi connectivity index (χ1n) is 4.97. The van der Waals surface area contributed by atoms with Crippen molar-refractivity contribution in [2.75, 3.05) is 27.9 Å². The molecule has 0 saturated heterocycles. The van der Waals surface area contributed by atoms with Gasteiger partial charge in [0.2, 0.25) is 0 Å². The number of hydrogen-bond donors (Lipinski definition) is 0. The Balaban J connectivity index is 2.94. The third-order valence-electron chi connectivity index (χ3n) is 2.24.